The maximum atomic E-state index is 12.2. The first kappa shape index (κ1) is 15.6. The van der Waals surface area contributed by atoms with Gasteiger partial charge in [0.15, 0.2) is 0 Å². The fraction of sp³-hybridized carbons (Fsp3) is 0.385. The van der Waals surface area contributed by atoms with Gasteiger partial charge < -0.3 is 25.2 Å². The average Bonchev–Trinajstić information content (AvgIpc) is 2.47. The predicted molar refractivity (Wildman–Crippen MR) is 75.8 cm³/mol. The Bertz CT molecular complexity index is 551. The highest BCUT2D eigenvalue weighted by Gasteiger charge is 2.25. The Kier molecular flexibility index (Phi) is 5.00. The molecule has 114 valence electrons. The van der Waals surface area contributed by atoms with Gasteiger partial charge >= 0.3 is 12.0 Å². The number of hydrogen-bond donors (Lipinski definition) is 3. The van der Waals surface area contributed by atoms with Crippen LogP contribution >= 0.6 is 11.6 Å². The van der Waals surface area contributed by atoms with Gasteiger partial charge in [0, 0.05) is 6.54 Å². The molecule has 0 spiro atoms. The Balaban J connectivity index is 2.13. The number of hydrogen-bond acceptors (Lipinski definition) is 4. The van der Waals surface area contributed by atoms with Crippen LogP contribution in [0.2, 0.25) is 5.02 Å². The number of carbonyl (C=O) groups excluding carboxylic acids is 1. The number of carboxylic acids is 1. The van der Waals surface area contributed by atoms with Gasteiger partial charge in [-0.2, -0.15) is 0 Å². The lowest BCUT2D eigenvalue weighted by Gasteiger charge is -2.32. The molecule has 7 nitrogen and oxygen atoms in total. The van der Waals surface area contributed by atoms with E-state index in [1.807, 2.05) is 0 Å². The largest absolute Gasteiger partial charge is 0.478 e. The molecule has 1 saturated heterocycles. The normalized spacial score (nSPS) is 18.4. The van der Waals surface area contributed by atoms with Crippen molar-refractivity contribution in [2.24, 2.45) is 0 Å². The monoisotopic (exact) mass is 314 g/mol. The number of amides is 2. The van der Waals surface area contributed by atoms with E-state index in [2.05, 4.69) is 5.32 Å². The molecule has 0 bridgehead atoms. The number of aromatic carboxylic acids is 1. The minimum Gasteiger partial charge on any atom is -0.478 e. The molecule has 2 amide bonds. The molecule has 2 rings (SSSR count). The molecular formula is C13H15ClN2O5. The predicted octanol–water partition coefficient (Wildman–Crippen LogP) is 1.26. The van der Waals surface area contributed by atoms with Gasteiger partial charge in [-0.15, -0.1) is 0 Å². The first-order valence-electron chi connectivity index (χ1n) is 6.33. The first-order chi connectivity index (χ1) is 10.0. The van der Waals surface area contributed by atoms with Crippen LogP contribution in [0.15, 0.2) is 18.2 Å². The number of morpholine rings is 1. The van der Waals surface area contributed by atoms with Crippen molar-refractivity contribution in [1.29, 1.82) is 0 Å². The van der Waals surface area contributed by atoms with Crippen molar-refractivity contribution >= 4 is 29.3 Å². The number of urea groups is 1. The Morgan fingerprint density at radius 1 is 1.48 bits per heavy atom. The van der Waals surface area contributed by atoms with Gasteiger partial charge in [0.25, 0.3) is 0 Å². The van der Waals surface area contributed by atoms with E-state index in [0.717, 1.165) is 0 Å². The van der Waals surface area contributed by atoms with Crippen LogP contribution in [0.5, 0.6) is 0 Å². The molecule has 21 heavy (non-hydrogen) atoms. The van der Waals surface area contributed by atoms with Crippen LogP contribution in [0.1, 0.15) is 10.4 Å². The quantitative estimate of drug-likeness (QED) is 0.780. The van der Waals surface area contributed by atoms with Crippen LogP contribution < -0.4 is 5.32 Å². The van der Waals surface area contributed by atoms with Crippen molar-refractivity contribution in [3.05, 3.63) is 28.8 Å². The van der Waals surface area contributed by atoms with Gasteiger partial charge in [-0.3, -0.25) is 0 Å². The molecule has 1 aliphatic rings. The molecule has 0 radical (unpaired) electrons. The van der Waals surface area contributed by atoms with Crippen LogP contribution in [0.3, 0.4) is 0 Å². The number of ether oxygens (including phenoxy) is 1. The maximum Gasteiger partial charge on any atom is 0.339 e. The number of nitrogens with one attached hydrogen (secondary N) is 1. The molecule has 8 heteroatoms. The van der Waals surface area contributed by atoms with E-state index in [4.69, 9.17) is 26.6 Å². The van der Waals surface area contributed by atoms with Crippen molar-refractivity contribution in [3.63, 3.8) is 0 Å². The fourth-order valence-electron chi connectivity index (χ4n) is 2.05. The Labute approximate surface area is 126 Å². The fourth-order valence-corrected chi connectivity index (χ4v) is 2.31. The summed E-state index contributed by atoms with van der Waals surface area (Å²) in [4.78, 5) is 24.8. The Morgan fingerprint density at radius 2 is 2.24 bits per heavy atom. The van der Waals surface area contributed by atoms with Crippen molar-refractivity contribution in [2.45, 2.75) is 6.10 Å². The van der Waals surface area contributed by atoms with E-state index >= 15 is 0 Å². The van der Waals surface area contributed by atoms with Crippen molar-refractivity contribution in [3.8, 4) is 0 Å². The summed E-state index contributed by atoms with van der Waals surface area (Å²) in [6.45, 7) is 0.748. The molecule has 1 atom stereocenters. The second kappa shape index (κ2) is 6.75. The molecule has 1 aliphatic heterocycles. The minimum absolute atomic E-state index is 0.0514. The lowest BCUT2D eigenvalue weighted by Crippen LogP contribution is -2.48. The highest BCUT2D eigenvalue weighted by molar-refractivity contribution is 6.34. The van der Waals surface area contributed by atoms with Gasteiger partial charge in [0.2, 0.25) is 0 Å². The maximum absolute atomic E-state index is 12.2. The zero-order valence-corrected chi connectivity index (χ0v) is 11.8. The summed E-state index contributed by atoms with van der Waals surface area (Å²) < 4.78 is 5.25. The zero-order chi connectivity index (χ0) is 15.4. The smallest absolute Gasteiger partial charge is 0.339 e. The van der Waals surface area contributed by atoms with Gasteiger partial charge in [-0.05, 0) is 12.1 Å². The summed E-state index contributed by atoms with van der Waals surface area (Å²) in [6.07, 6.45) is -0.428. The zero-order valence-electron chi connectivity index (χ0n) is 11.1. The van der Waals surface area contributed by atoms with Gasteiger partial charge in [0.1, 0.15) is 5.56 Å². The van der Waals surface area contributed by atoms with Gasteiger partial charge in [-0.25, -0.2) is 9.59 Å². The molecule has 1 fully saturated rings. The van der Waals surface area contributed by atoms with E-state index in [-0.39, 0.29) is 29.4 Å². The SMILES string of the molecule is O=C(O)c1c(Cl)cccc1NC(=O)N1CCOC(CO)C1. The summed E-state index contributed by atoms with van der Waals surface area (Å²) >= 11 is 5.84. The molecule has 1 unspecified atom stereocenters. The standard InChI is InChI=1S/C13H15ClN2O5/c14-9-2-1-3-10(11(9)12(18)19)15-13(20)16-4-5-21-8(6-16)7-17/h1-3,8,17H,4-7H2,(H,15,20)(H,18,19). The van der Waals surface area contributed by atoms with Crippen LogP contribution in [0.4, 0.5) is 10.5 Å². The van der Waals surface area contributed by atoms with Crippen LogP contribution in [0.25, 0.3) is 0 Å². The van der Waals surface area contributed by atoms with Crippen LogP contribution in [-0.2, 0) is 4.74 Å². The number of anilines is 1. The summed E-state index contributed by atoms with van der Waals surface area (Å²) in [5.74, 6) is -1.22. The minimum atomic E-state index is -1.22. The molecule has 0 aliphatic carbocycles. The molecule has 1 aromatic carbocycles. The third-order valence-corrected chi connectivity index (χ3v) is 3.41. The lowest BCUT2D eigenvalue weighted by molar-refractivity contribution is -0.0388. The third-order valence-electron chi connectivity index (χ3n) is 3.10. The second-order valence-corrected chi connectivity index (χ2v) is 4.93. The molecule has 1 heterocycles. The van der Waals surface area contributed by atoms with E-state index in [1.165, 1.54) is 17.0 Å². The number of benzene rings is 1. The topological polar surface area (TPSA) is 99.1 Å². The summed E-state index contributed by atoms with van der Waals surface area (Å²) in [5.41, 5.74) is -0.0217. The van der Waals surface area contributed by atoms with Crippen LogP contribution in [-0.4, -0.2) is 59.5 Å². The van der Waals surface area contributed by atoms with E-state index in [9.17, 15) is 9.59 Å². The lowest BCUT2D eigenvalue weighted by atomic mass is 10.2. The summed E-state index contributed by atoms with van der Waals surface area (Å²) in [6, 6.07) is 4.01. The molecular weight excluding hydrogens is 300 g/mol. The third kappa shape index (κ3) is 3.63. The molecule has 3 N–H and O–H groups in total. The van der Waals surface area contributed by atoms with Crippen molar-refractivity contribution in [1.82, 2.24) is 4.90 Å². The number of aliphatic hydroxyl groups is 1. The van der Waals surface area contributed by atoms with E-state index in [1.54, 1.807) is 6.07 Å². The number of nitrogens with zero attached hydrogens (tertiary/aromatic N) is 1. The van der Waals surface area contributed by atoms with Gasteiger partial charge in [0.05, 0.1) is 36.6 Å². The van der Waals surface area contributed by atoms with Crippen molar-refractivity contribution in [2.75, 3.05) is 31.6 Å². The summed E-state index contributed by atoms with van der Waals surface area (Å²) in [5, 5.41) is 20.8. The highest BCUT2D eigenvalue weighted by Crippen LogP contribution is 2.24. The molecule has 0 aromatic heterocycles. The highest BCUT2D eigenvalue weighted by atomic mass is 35.5. The summed E-state index contributed by atoms with van der Waals surface area (Å²) in [7, 11) is 0. The molecule has 0 saturated carbocycles. The number of halogens is 1. The first-order valence-corrected chi connectivity index (χ1v) is 6.71. The van der Waals surface area contributed by atoms with E-state index < -0.39 is 18.1 Å². The second-order valence-electron chi connectivity index (χ2n) is 4.52. The number of carbonyl (C=O) groups is 2. The number of rotatable bonds is 3. The Hall–Kier alpha value is -1.83. The van der Waals surface area contributed by atoms with E-state index in [0.29, 0.717) is 13.2 Å². The Morgan fingerprint density at radius 3 is 2.90 bits per heavy atom. The van der Waals surface area contributed by atoms with Crippen molar-refractivity contribution < 1.29 is 24.5 Å². The average molecular weight is 315 g/mol. The van der Waals surface area contributed by atoms with Gasteiger partial charge in [-0.1, -0.05) is 17.7 Å². The molecule has 1 aromatic rings. The van der Waals surface area contributed by atoms with Crippen LogP contribution in [0, 0.1) is 0 Å². The number of aliphatic hydroxyl groups excluding tert-OH is 1. The number of carboxylic acid groups (broad SMARTS) is 1.